The fraction of sp³-hybridized carbons (Fsp3) is 0.200. The van der Waals surface area contributed by atoms with Crippen molar-refractivity contribution < 1.29 is 18.3 Å². The summed E-state index contributed by atoms with van der Waals surface area (Å²) in [5, 5.41) is 0. The molecule has 2 rings (SSSR count). The number of aromatic nitrogens is 1. The van der Waals surface area contributed by atoms with Crippen molar-refractivity contribution in [1.29, 1.82) is 0 Å². The van der Waals surface area contributed by atoms with Gasteiger partial charge in [0.2, 0.25) is 11.3 Å². The highest BCUT2D eigenvalue weighted by Crippen LogP contribution is 2.11. The lowest BCUT2D eigenvalue weighted by atomic mass is 10.2. The van der Waals surface area contributed by atoms with Crippen molar-refractivity contribution >= 4 is 17.2 Å². The predicted molar refractivity (Wildman–Crippen MR) is 82.0 cm³/mol. The first kappa shape index (κ1) is 16.3. The van der Waals surface area contributed by atoms with Crippen LogP contribution in [-0.4, -0.2) is 31.1 Å². The lowest BCUT2D eigenvalue weighted by molar-refractivity contribution is 0.0594. The molecule has 1 atom stereocenters. The van der Waals surface area contributed by atoms with Gasteiger partial charge in [-0.25, -0.2) is 14.0 Å². The lowest BCUT2D eigenvalue weighted by Crippen LogP contribution is -2.24. The van der Waals surface area contributed by atoms with Crippen molar-refractivity contribution in [3.05, 3.63) is 65.5 Å². The van der Waals surface area contributed by atoms with Gasteiger partial charge in [-0.1, -0.05) is 36.4 Å². The van der Waals surface area contributed by atoms with Gasteiger partial charge in [0.05, 0.1) is 7.11 Å². The molecule has 1 N–H and O–H groups in total. The number of benzene rings is 1. The summed E-state index contributed by atoms with van der Waals surface area (Å²) < 4.78 is 26.9. The number of methoxy groups -OCH3 is 1. The van der Waals surface area contributed by atoms with Crippen LogP contribution >= 0.6 is 0 Å². The van der Waals surface area contributed by atoms with Gasteiger partial charge in [-0.05, 0) is 17.2 Å². The molecular weight excluding hydrogens is 304 g/mol. The molecule has 0 bridgehead atoms. The molecule has 2 aromatic rings. The van der Waals surface area contributed by atoms with E-state index in [9.17, 15) is 13.6 Å². The predicted octanol–water partition coefficient (Wildman–Crippen LogP) is 2.01. The topological polar surface area (TPSA) is 79.7 Å². The van der Waals surface area contributed by atoms with Crippen LogP contribution in [0.4, 0.5) is 0 Å². The second kappa shape index (κ2) is 7.79. The molecule has 0 saturated carbocycles. The van der Waals surface area contributed by atoms with Crippen molar-refractivity contribution in [2.45, 2.75) is 13.1 Å². The fourth-order valence-corrected chi connectivity index (χ4v) is 2.42. The zero-order valence-electron chi connectivity index (χ0n) is 12.0. The Hall–Kier alpha value is -2.09. The van der Waals surface area contributed by atoms with E-state index in [2.05, 4.69) is 9.72 Å². The first-order chi connectivity index (χ1) is 10.6. The molecule has 1 aromatic heterocycles. The number of carbonyl (C=O) groups is 1. The van der Waals surface area contributed by atoms with E-state index in [1.165, 1.54) is 23.7 Å². The highest BCUT2D eigenvalue weighted by atomic mass is 32.2. The number of rotatable bonds is 6. The Morgan fingerprint density at radius 3 is 2.41 bits per heavy atom. The first-order valence-corrected chi connectivity index (χ1v) is 7.59. The quantitative estimate of drug-likeness (QED) is 0.650. The van der Waals surface area contributed by atoms with Gasteiger partial charge in [0.15, 0.2) is 0 Å². The minimum Gasteiger partial charge on any atom is -0.464 e. The highest BCUT2D eigenvalue weighted by Gasteiger charge is 2.14. The van der Waals surface area contributed by atoms with E-state index in [-0.39, 0.29) is 12.2 Å². The normalized spacial score (nSPS) is 12.1. The van der Waals surface area contributed by atoms with Crippen LogP contribution in [-0.2, 0) is 29.1 Å². The smallest absolute Gasteiger partial charge is 0.356 e. The van der Waals surface area contributed by atoms with Crippen LogP contribution in [0.1, 0.15) is 21.6 Å². The maximum Gasteiger partial charge on any atom is 0.356 e. The maximum absolute atomic E-state index is 11.5. The fourth-order valence-electron chi connectivity index (χ4n) is 1.90. The molecule has 1 heterocycles. The number of hydrogen-bond donors (Lipinski definition) is 1. The summed E-state index contributed by atoms with van der Waals surface area (Å²) in [4.78, 5) is 15.3. The molecule has 0 aliphatic rings. The van der Waals surface area contributed by atoms with Crippen LogP contribution in [0, 0.1) is 0 Å². The number of carbonyl (C=O) groups excluding carboxylic acids is 1. The summed E-state index contributed by atoms with van der Waals surface area (Å²) in [6.45, 7) is 0.579. The van der Waals surface area contributed by atoms with E-state index in [4.69, 9.17) is 0 Å². The van der Waals surface area contributed by atoms with E-state index in [1.807, 2.05) is 30.3 Å². The summed E-state index contributed by atoms with van der Waals surface area (Å²) >= 11 is -2.11. The van der Waals surface area contributed by atoms with Crippen LogP contribution < -0.4 is 0 Å². The van der Waals surface area contributed by atoms with E-state index in [1.54, 1.807) is 6.07 Å². The Morgan fingerprint density at radius 2 is 1.86 bits per heavy atom. The first-order valence-electron chi connectivity index (χ1n) is 6.53. The number of ether oxygens (including phenoxy) is 1. The zero-order chi connectivity index (χ0) is 15.9. The van der Waals surface area contributed by atoms with Crippen molar-refractivity contribution in [1.82, 2.24) is 9.29 Å². The SMILES string of the molecule is COC(=O)c1ccc(CN(Cc2ccccc2)S(=O)O)cn1. The third-order valence-corrected chi connectivity index (χ3v) is 3.70. The number of esters is 1. The molecule has 116 valence electrons. The van der Waals surface area contributed by atoms with Gasteiger partial charge >= 0.3 is 5.97 Å². The molecule has 22 heavy (non-hydrogen) atoms. The molecule has 0 aliphatic heterocycles. The van der Waals surface area contributed by atoms with Gasteiger partial charge in [0.25, 0.3) is 0 Å². The van der Waals surface area contributed by atoms with Crippen molar-refractivity contribution in [2.75, 3.05) is 7.11 Å². The van der Waals surface area contributed by atoms with Crippen LogP contribution in [0.25, 0.3) is 0 Å². The second-order valence-electron chi connectivity index (χ2n) is 4.56. The summed E-state index contributed by atoms with van der Waals surface area (Å²) in [6.07, 6.45) is 1.50. The average molecular weight is 320 g/mol. The van der Waals surface area contributed by atoms with Crippen LogP contribution in [0.3, 0.4) is 0 Å². The Bertz CT molecular complexity index is 646. The van der Waals surface area contributed by atoms with Crippen molar-refractivity contribution in [3.8, 4) is 0 Å². The van der Waals surface area contributed by atoms with Gasteiger partial charge in [-0.3, -0.25) is 4.55 Å². The monoisotopic (exact) mass is 320 g/mol. The Balaban J connectivity index is 2.08. The Labute approximate surface area is 131 Å². The van der Waals surface area contributed by atoms with E-state index >= 15 is 0 Å². The van der Waals surface area contributed by atoms with Crippen LogP contribution in [0.15, 0.2) is 48.7 Å². The Kier molecular flexibility index (Phi) is 5.76. The van der Waals surface area contributed by atoms with Crippen molar-refractivity contribution in [2.24, 2.45) is 0 Å². The number of pyridine rings is 1. The summed E-state index contributed by atoms with van der Waals surface area (Å²) in [6, 6.07) is 12.6. The highest BCUT2D eigenvalue weighted by molar-refractivity contribution is 7.76. The molecule has 0 aliphatic carbocycles. The van der Waals surface area contributed by atoms with E-state index in [0.29, 0.717) is 6.54 Å². The van der Waals surface area contributed by atoms with Gasteiger partial charge < -0.3 is 4.74 Å². The molecule has 6 nitrogen and oxygen atoms in total. The molecule has 7 heteroatoms. The molecule has 0 fully saturated rings. The summed E-state index contributed by atoms with van der Waals surface area (Å²) in [7, 11) is 1.29. The number of nitrogens with zero attached hydrogens (tertiary/aromatic N) is 2. The maximum atomic E-state index is 11.5. The van der Waals surface area contributed by atoms with Crippen LogP contribution in [0.2, 0.25) is 0 Å². The van der Waals surface area contributed by atoms with E-state index < -0.39 is 17.2 Å². The van der Waals surface area contributed by atoms with Gasteiger partial charge in [-0.2, -0.15) is 4.31 Å². The molecule has 0 amide bonds. The molecule has 1 unspecified atom stereocenters. The minimum absolute atomic E-state index is 0.200. The van der Waals surface area contributed by atoms with Gasteiger partial charge in [0, 0.05) is 19.3 Å². The largest absolute Gasteiger partial charge is 0.464 e. The van der Waals surface area contributed by atoms with Gasteiger partial charge in [-0.15, -0.1) is 0 Å². The summed E-state index contributed by atoms with van der Waals surface area (Å²) in [5.41, 5.74) is 1.86. The van der Waals surface area contributed by atoms with Gasteiger partial charge in [0.1, 0.15) is 5.69 Å². The molecular formula is C15H16N2O4S. The standard InChI is InChI=1S/C15H16N2O4S/c1-21-15(18)14-8-7-13(9-16-14)11-17(22(19)20)10-12-5-3-2-4-6-12/h2-9H,10-11H2,1H3,(H,19,20). The molecule has 0 saturated heterocycles. The van der Waals surface area contributed by atoms with E-state index in [0.717, 1.165) is 11.1 Å². The zero-order valence-corrected chi connectivity index (χ0v) is 12.8. The van der Waals surface area contributed by atoms with Crippen LogP contribution in [0.5, 0.6) is 0 Å². The number of hydrogen-bond acceptors (Lipinski definition) is 4. The Morgan fingerprint density at radius 1 is 1.18 bits per heavy atom. The van der Waals surface area contributed by atoms with Crippen molar-refractivity contribution in [3.63, 3.8) is 0 Å². The molecule has 0 spiro atoms. The molecule has 1 aromatic carbocycles. The summed E-state index contributed by atoms with van der Waals surface area (Å²) in [5.74, 6) is -0.515. The third kappa shape index (κ3) is 4.45. The average Bonchev–Trinajstić information content (AvgIpc) is 2.55. The third-order valence-electron chi connectivity index (χ3n) is 3.00. The lowest BCUT2D eigenvalue weighted by Gasteiger charge is -2.17. The second-order valence-corrected chi connectivity index (χ2v) is 5.54. The minimum atomic E-state index is -2.11. The molecule has 0 radical (unpaired) electrons.